The maximum absolute atomic E-state index is 12.0. The van der Waals surface area contributed by atoms with Crippen molar-refractivity contribution in [2.75, 3.05) is 26.8 Å². The van der Waals surface area contributed by atoms with E-state index in [2.05, 4.69) is 19.2 Å². The van der Waals surface area contributed by atoms with Crippen LogP contribution in [0.5, 0.6) is 0 Å². The van der Waals surface area contributed by atoms with E-state index in [4.69, 9.17) is 9.84 Å². The molecular formula is C14H28N2O4. The first-order chi connectivity index (χ1) is 9.36. The van der Waals surface area contributed by atoms with Gasteiger partial charge in [0.1, 0.15) is 6.54 Å². The van der Waals surface area contributed by atoms with Crippen LogP contribution >= 0.6 is 0 Å². The lowest BCUT2D eigenvalue weighted by molar-refractivity contribution is -0.137. The summed E-state index contributed by atoms with van der Waals surface area (Å²) in [5, 5.41) is 11.6. The zero-order valence-electron chi connectivity index (χ0n) is 13.0. The molecule has 0 bridgehead atoms. The van der Waals surface area contributed by atoms with Crippen molar-refractivity contribution < 1.29 is 19.4 Å². The summed E-state index contributed by atoms with van der Waals surface area (Å²) in [5.74, 6) is -0.369. The van der Waals surface area contributed by atoms with Crippen LogP contribution in [0.3, 0.4) is 0 Å². The molecule has 0 aliphatic rings. The maximum Gasteiger partial charge on any atom is 0.323 e. The number of carboxylic acids is 1. The molecule has 1 atom stereocenters. The first-order valence-corrected chi connectivity index (χ1v) is 7.13. The molecule has 20 heavy (non-hydrogen) atoms. The molecule has 0 saturated heterocycles. The van der Waals surface area contributed by atoms with Crippen molar-refractivity contribution in [1.82, 2.24) is 10.2 Å². The highest BCUT2D eigenvalue weighted by molar-refractivity contribution is 5.80. The molecule has 0 aromatic heterocycles. The fraction of sp³-hybridized carbons (Fsp3) is 0.857. The number of aliphatic carboxylic acids is 1. The molecule has 0 aliphatic heterocycles. The number of ether oxygens (including phenoxy) is 1. The Kier molecular flexibility index (Phi) is 9.80. The van der Waals surface area contributed by atoms with Crippen LogP contribution in [0.4, 0.5) is 4.79 Å². The Bertz CT molecular complexity index is 295. The van der Waals surface area contributed by atoms with E-state index in [0.29, 0.717) is 12.5 Å². The van der Waals surface area contributed by atoms with Crippen molar-refractivity contribution in [2.24, 2.45) is 5.92 Å². The molecule has 2 amide bonds. The topological polar surface area (TPSA) is 78.9 Å². The number of rotatable bonds is 10. The average molecular weight is 288 g/mol. The van der Waals surface area contributed by atoms with E-state index in [9.17, 15) is 9.59 Å². The van der Waals surface area contributed by atoms with Gasteiger partial charge in [0.05, 0.1) is 6.61 Å². The van der Waals surface area contributed by atoms with Gasteiger partial charge < -0.3 is 20.1 Å². The summed E-state index contributed by atoms with van der Waals surface area (Å²) in [6, 6.07) is -0.304. The molecule has 1 unspecified atom stereocenters. The fourth-order valence-corrected chi connectivity index (χ4v) is 1.82. The van der Waals surface area contributed by atoms with Crippen molar-refractivity contribution in [1.29, 1.82) is 0 Å². The monoisotopic (exact) mass is 288 g/mol. The Morgan fingerprint density at radius 3 is 2.40 bits per heavy atom. The molecule has 0 radical (unpaired) electrons. The third-order valence-electron chi connectivity index (χ3n) is 2.97. The predicted octanol–water partition coefficient (Wildman–Crippen LogP) is 1.94. The van der Waals surface area contributed by atoms with Gasteiger partial charge in [0.2, 0.25) is 0 Å². The van der Waals surface area contributed by atoms with Crippen LogP contribution in [-0.2, 0) is 9.53 Å². The van der Waals surface area contributed by atoms with E-state index in [1.807, 2.05) is 6.92 Å². The lowest BCUT2D eigenvalue weighted by Crippen LogP contribution is -2.47. The minimum Gasteiger partial charge on any atom is -0.480 e. The van der Waals surface area contributed by atoms with Crippen LogP contribution in [0, 0.1) is 5.92 Å². The number of carbonyl (C=O) groups excluding carboxylic acids is 1. The van der Waals surface area contributed by atoms with Crippen LogP contribution in [-0.4, -0.2) is 54.9 Å². The minimum atomic E-state index is -1.02. The number of nitrogens with zero attached hydrogens (tertiary/aromatic N) is 1. The summed E-state index contributed by atoms with van der Waals surface area (Å²) in [6.07, 6.45) is 3.08. The number of hydrogen-bond acceptors (Lipinski definition) is 3. The van der Waals surface area contributed by atoms with Gasteiger partial charge in [-0.25, -0.2) is 4.79 Å². The third-order valence-corrected chi connectivity index (χ3v) is 2.97. The summed E-state index contributed by atoms with van der Waals surface area (Å²) < 4.78 is 4.89. The zero-order chi connectivity index (χ0) is 15.5. The molecule has 0 aliphatic carbocycles. The normalized spacial score (nSPS) is 12.2. The second-order valence-electron chi connectivity index (χ2n) is 5.48. The molecule has 0 aromatic carbocycles. The molecule has 6 nitrogen and oxygen atoms in total. The van der Waals surface area contributed by atoms with Crippen LogP contribution < -0.4 is 5.32 Å². The first-order valence-electron chi connectivity index (χ1n) is 7.13. The standard InChI is InChI=1S/C14H28N2O4/c1-11(2)6-5-7-12(3)15-14(19)16(8-9-20-4)10-13(17)18/h11-12H,5-10H2,1-4H3,(H,15,19)(H,17,18). The summed E-state index contributed by atoms with van der Waals surface area (Å²) in [7, 11) is 1.52. The summed E-state index contributed by atoms with van der Waals surface area (Å²) in [5.41, 5.74) is 0. The van der Waals surface area contributed by atoms with Crippen molar-refractivity contribution in [3.63, 3.8) is 0 Å². The molecule has 0 rings (SSSR count). The Hall–Kier alpha value is -1.30. The van der Waals surface area contributed by atoms with Gasteiger partial charge in [0, 0.05) is 19.7 Å². The van der Waals surface area contributed by atoms with E-state index in [1.54, 1.807) is 0 Å². The summed E-state index contributed by atoms with van der Waals surface area (Å²) >= 11 is 0. The zero-order valence-corrected chi connectivity index (χ0v) is 13.0. The quantitative estimate of drug-likeness (QED) is 0.644. The van der Waals surface area contributed by atoms with Gasteiger partial charge in [0.15, 0.2) is 0 Å². The molecule has 0 spiro atoms. The number of nitrogens with one attached hydrogen (secondary N) is 1. The highest BCUT2D eigenvalue weighted by atomic mass is 16.5. The van der Waals surface area contributed by atoms with Gasteiger partial charge in [-0.1, -0.05) is 26.7 Å². The highest BCUT2D eigenvalue weighted by Crippen LogP contribution is 2.08. The second-order valence-corrected chi connectivity index (χ2v) is 5.48. The fourth-order valence-electron chi connectivity index (χ4n) is 1.82. The van der Waals surface area contributed by atoms with E-state index < -0.39 is 5.97 Å². The SMILES string of the molecule is COCCN(CC(=O)O)C(=O)NC(C)CCCC(C)C. The van der Waals surface area contributed by atoms with Crippen LogP contribution in [0.15, 0.2) is 0 Å². The largest absolute Gasteiger partial charge is 0.480 e. The Morgan fingerprint density at radius 1 is 1.25 bits per heavy atom. The van der Waals surface area contributed by atoms with E-state index in [-0.39, 0.29) is 25.2 Å². The second kappa shape index (κ2) is 10.5. The average Bonchev–Trinajstić information content (AvgIpc) is 2.33. The van der Waals surface area contributed by atoms with E-state index in [0.717, 1.165) is 19.3 Å². The molecule has 6 heteroatoms. The van der Waals surface area contributed by atoms with Gasteiger partial charge in [-0.2, -0.15) is 0 Å². The Labute approximate surface area is 121 Å². The molecule has 0 heterocycles. The number of carbonyl (C=O) groups is 2. The van der Waals surface area contributed by atoms with Gasteiger partial charge in [0.25, 0.3) is 0 Å². The Balaban J connectivity index is 4.18. The van der Waals surface area contributed by atoms with E-state index in [1.165, 1.54) is 12.0 Å². The lowest BCUT2D eigenvalue weighted by Gasteiger charge is -2.23. The first kappa shape index (κ1) is 18.7. The van der Waals surface area contributed by atoms with Gasteiger partial charge in [-0.3, -0.25) is 4.79 Å². The van der Waals surface area contributed by atoms with Gasteiger partial charge in [-0.15, -0.1) is 0 Å². The summed E-state index contributed by atoms with van der Waals surface area (Å²) in [4.78, 5) is 24.0. The minimum absolute atomic E-state index is 0.0417. The molecule has 2 N–H and O–H groups in total. The van der Waals surface area contributed by atoms with Gasteiger partial charge >= 0.3 is 12.0 Å². The predicted molar refractivity (Wildman–Crippen MR) is 77.8 cm³/mol. The van der Waals surface area contributed by atoms with Crippen LogP contribution in [0.1, 0.15) is 40.0 Å². The van der Waals surface area contributed by atoms with Gasteiger partial charge in [-0.05, 0) is 19.3 Å². The van der Waals surface area contributed by atoms with Crippen molar-refractivity contribution >= 4 is 12.0 Å². The number of carboxylic acid groups (broad SMARTS) is 1. The Morgan fingerprint density at radius 2 is 1.90 bits per heavy atom. The van der Waals surface area contributed by atoms with Crippen molar-refractivity contribution in [3.05, 3.63) is 0 Å². The number of amides is 2. The molecule has 0 fully saturated rings. The smallest absolute Gasteiger partial charge is 0.323 e. The summed E-state index contributed by atoms with van der Waals surface area (Å²) in [6.45, 7) is 6.56. The lowest BCUT2D eigenvalue weighted by atomic mass is 10.0. The third kappa shape index (κ3) is 9.61. The molecular weight excluding hydrogens is 260 g/mol. The highest BCUT2D eigenvalue weighted by Gasteiger charge is 2.18. The molecule has 118 valence electrons. The van der Waals surface area contributed by atoms with Crippen LogP contribution in [0.2, 0.25) is 0 Å². The van der Waals surface area contributed by atoms with Crippen molar-refractivity contribution in [2.45, 2.75) is 46.1 Å². The number of methoxy groups -OCH3 is 1. The van der Waals surface area contributed by atoms with E-state index >= 15 is 0 Å². The number of hydrogen-bond donors (Lipinski definition) is 2. The van der Waals surface area contributed by atoms with Crippen LogP contribution in [0.25, 0.3) is 0 Å². The molecule has 0 saturated carbocycles. The maximum atomic E-state index is 12.0. The van der Waals surface area contributed by atoms with Crippen molar-refractivity contribution in [3.8, 4) is 0 Å². The number of urea groups is 1. The molecule has 0 aromatic rings.